The summed E-state index contributed by atoms with van der Waals surface area (Å²) in [6.07, 6.45) is 5.88. The first-order valence-electron chi connectivity index (χ1n) is 7.33. The van der Waals surface area contributed by atoms with Crippen LogP contribution in [0.25, 0.3) is 0 Å². The molecule has 1 aromatic rings. The maximum Gasteiger partial charge on any atom is 0.107 e. The summed E-state index contributed by atoms with van der Waals surface area (Å²) in [6, 6.07) is 0.776. The van der Waals surface area contributed by atoms with E-state index in [0.29, 0.717) is 6.04 Å². The predicted molar refractivity (Wildman–Crippen MR) is 82.5 cm³/mol. The largest absolute Gasteiger partial charge is 0.327 e. The Kier molecular flexibility index (Phi) is 4.64. The van der Waals surface area contributed by atoms with Crippen LogP contribution in [0.1, 0.15) is 56.8 Å². The van der Waals surface area contributed by atoms with Crippen LogP contribution in [0, 0.1) is 0 Å². The molecule has 0 spiro atoms. The number of nitrogens with zero attached hydrogens (tertiary/aromatic N) is 2. The lowest BCUT2D eigenvalue weighted by molar-refractivity contribution is 0.123. The molecule has 2 atom stereocenters. The first kappa shape index (κ1) is 14.9. The van der Waals surface area contributed by atoms with E-state index >= 15 is 0 Å². The van der Waals surface area contributed by atoms with Gasteiger partial charge in [-0.1, -0.05) is 27.2 Å². The Morgan fingerprint density at radius 2 is 2.21 bits per heavy atom. The standard InChI is InChI=1S/C15H27N3S/c1-11(16)12-7-5-6-8-18(12)10-14-17-9-13(19-14)15(2,3)4/h9,11-12H,5-8,10,16H2,1-4H3. The molecule has 0 aliphatic carbocycles. The lowest BCUT2D eigenvalue weighted by Gasteiger charge is -2.37. The molecule has 4 heteroatoms. The van der Waals surface area contributed by atoms with Crippen molar-refractivity contribution in [3.05, 3.63) is 16.1 Å². The summed E-state index contributed by atoms with van der Waals surface area (Å²) in [4.78, 5) is 8.51. The van der Waals surface area contributed by atoms with Gasteiger partial charge >= 0.3 is 0 Å². The lowest BCUT2D eigenvalue weighted by Crippen LogP contribution is -2.48. The molecule has 19 heavy (non-hydrogen) atoms. The van der Waals surface area contributed by atoms with Crippen molar-refractivity contribution < 1.29 is 0 Å². The Bertz CT molecular complexity index is 406. The quantitative estimate of drug-likeness (QED) is 0.925. The number of rotatable bonds is 3. The first-order chi connectivity index (χ1) is 8.88. The van der Waals surface area contributed by atoms with Crippen LogP contribution < -0.4 is 5.73 Å². The van der Waals surface area contributed by atoms with Gasteiger partial charge in [-0.25, -0.2) is 4.98 Å². The fraction of sp³-hybridized carbons (Fsp3) is 0.800. The maximum absolute atomic E-state index is 6.13. The van der Waals surface area contributed by atoms with E-state index in [9.17, 15) is 0 Å². The predicted octanol–water partition coefficient (Wildman–Crippen LogP) is 3.14. The van der Waals surface area contributed by atoms with Crippen LogP contribution in [0.2, 0.25) is 0 Å². The maximum atomic E-state index is 6.13. The summed E-state index contributed by atoms with van der Waals surface area (Å²) in [5.74, 6) is 0. The molecular formula is C15H27N3S. The molecule has 0 radical (unpaired) electrons. The van der Waals surface area contributed by atoms with Crippen LogP contribution in [0.4, 0.5) is 0 Å². The smallest absolute Gasteiger partial charge is 0.107 e. The summed E-state index contributed by atoms with van der Waals surface area (Å²) in [5, 5.41) is 1.23. The summed E-state index contributed by atoms with van der Waals surface area (Å²) < 4.78 is 0. The minimum atomic E-state index is 0.207. The number of aromatic nitrogens is 1. The zero-order valence-electron chi connectivity index (χ0n) is 12.6. The Hall–Kier alpha value is -0.450. The topological polar surface area (TPSA) is 42.1 Å². The van der Waals surface area contributed by atoms with Crippen molar-refractivity contribution in [1.82, 2.24) is 9.88 Å². The number of hydrogen-bond donors (Lipinski definition) is 1. The van der Waals surface area contributed by atoms with E-state index in [4.69, 9.17) is 5.73 Å². The molecule has 0 bridgehead atoms. The Labute approximate surface area is 121 Å². The molecule has 1 fully saturated rings. The molecule has 2 unspecified atom stereocenters. The highest BCUT2D eigenvalue weighted by molar-refractivity contribution is 7.11. The van der Waals surface area contributed by atoms with Crippen LogP contribution in [0.3, 0.4) is 0 Å². The van der Waals surface area contributed by atoms with Crippen molar-refractivity contribution in [2.45, 2.75) is 71.0 Å². The number of likely N-dealkylation sites (tertiary alicyclic amines) is 1. The highest BCUT2D eigenvalue weighted by Gasteiger charge is 2.26. The molecular weight excluding hydrogens is 254 g/mol. The third kappa shape index (κ3) is 3.77. The van der Waals surface area contributed by atoms with Crippen molar-refractivity contribution in [1.29, 1.82) is 0 Å². The van der Waals surface area contributed by atoms with Gasteiger partial charge in [0, 0.05) is 23.2 Å². The van der Waals surface area contributed by atoms with Gasteiger partial charge in [0.1, 0.15) is 5.01 Å². The van der Waals surface area contributed by atoms with Gasteiger partial charge < -0.3 is 5.73 Å². The highest BCUT2D eigenvalue weighted by atomic mass is 32.1. The molecule has 1 aliphatic rings. The van der Waals surface area contributed by atoms with Crippen LogP contribution >= 0.6 is 11.3 Å². The first-order valence-corrected chi connectivity index (χ1v) is 8.14. The third-order valence-electron chi connectivity index (χ3n) is 3.90. The minimum absolute atomic E-state index is 0.207. The van der Waals surface area contributed by atoms with E-state index in [1.807, 2.05) is 17.5 Å². The summed E-state index contributed by atoms with van der Waals surface area (Å²) in [5.41, 5.74) is 6.33. The van der Waals surface area contributed by atoms with Crippen molar-refractivity contribution in [2.24, 2.45) is 5.73 Å². The zero-order valence-corrected chi connectivity index (χ0v) is 13.5. The van der Waals surface area contributed by atoms with E-state index in [-0.39, 0.29) is 11.5 Å². The molecule has 2 heterocycles. The number of hydrogen-bond acceptors (Lipinski definition) is 4. The second-order valence-corrected chi connectivity index (χ2v) is 7.88. The van der Waals surface area contributed by atoms with Gasteiger partial charge in [-0.2, -0.15) is 0 Å². The highest BCUT2D eigenvalue weighted by Crippen LogP contribution is 2.29. The van der Waals surface area contributed by atoms with Crippen LogP contribution in [0.5, 0.6) is 0 Å². The second kappa shape index (κ2) is 5.90. The summed E-state index contributed by atoms with van der Waals surface area (Å²) in [6.45, 7) is 11.0. The van der Waals surface area contributed by atoms with Crippen molar-refractivity contribution in [3.63, 3.8) is 0 Å². The van der Waals surface area contributed by atoms with E-state index in [2.05, 4.69) is 37.6 Å². The van der Waals surface area contributed by atoms with Crippen LogP contribution in [-0.2, 0) is 12.0 Å². The van der Waals surface area contributed by atoms with Crippen LogP contribution in [-0.4, -0.2) is 28.5 Å². The van der Waals surface area contributed by atoms with Gasteiger partial charge in [0.2, 0.25) is 0 Å². The summed E-state index contributed by atoms with van der Waals surface area (Å²) in [7, 11) is 0. The SMILES string of the molecule is CC(N)C1CCCCN1Cc1ncc(C(C)(C)C)s1. The van der Waals surface area contributed by atoms with Crippen LogP contribution in [0.15, 0.2) is 6.20 Å². The fourth-order valence-electron chi connectivity index (χ4n) is 2.71. The number of nitrogens with two attached hydrogens (primary N) is 1. The number of thiazole rings is 1. The molecule has 2 rings (SSSR count). The molecule has 1 aromatic heterocycles. The molecule has 108 valence electrons. The van der Waals surface area contributed by atoms with E-state index in [1.54, 1.807) is 0 Å². The zero-order chi connectivity index (χ0) is 14.0. The normalized spacial score (nSPS) is 23.5. The van der Waals surface area contributed by atoms with E-state index in [1.165, 1.54) is 29.1 Å². The van der Waals surface area contributed by atoms with Gasteiger partial charge in [0.05, 0.1) is 6.54 Å². The lowest BCUT2D eigenvalue weighted by atomic mass is 9.96. The molecule has 0 aromatic carbocycles. The Balaban J connectivity index is 2.05. The third-order valence-corrected chi connectivity index (χ3v) is 5.31. The average Bonchev–Trinajstić information content (AvgIpc) is 2.77. The van der Waals surface area contributed by atoms with Crippen molar-refractivity contribution >= 4 is 11.3 Å². The molecule has 2 N–H and O–H groups in total. The van der Waals surface area contributed by atoms with E-state index < -0.39 is 0 Å². The van der Waals surface area contributed by atoms with Gasteiger partial charge in [-0.15, -0.1) is 11.3 Å². The Morgan fingerprint density at radius 1 is 1.47 bits per heavy atom. The van der Waals surface area contributed by atoms with E-state index in [0.717, 1.165) is 13.1 Å². The van der Waals surface area contributed by atoms with Crippen molar-refractivity contribution in [3.8, 4) is 0 Å². The van der Waals surface area contributed by atoms with Crippen molar-refractivity contribution in [2.75, 3.05) is 6.54 Å². The van der Waals surface area contributed by atoms with Gasteiger partial charge in [0.15, 0.2) is 0 Å². The average molecular weight is 281 g/mol. The molecule has 3 nitrogen and oxygen atoms in total. The fourth-order valence-corrected chi connectivity index (χ4v) is 3.71. The number of piperidine rings is 1. The monoisotopic (exact) mass is 281 g/mol. The molecule has 0 saturated carbocycles. The molecule has 1 saturated heterocycles. The second-order valence-electron chi connectivity index (χ2n) is 6.76. The van der Waals surface area contributed by atoms with Gasteiger partial charge in [-0.05, 0) is 31.7 Å². The Morgan fingerprint density at radius 3 is 2.79 bits per heavy atom. The van der Waals surface area contributed by atoms with Gasteiger partial charge in [0.25, 0.3) is 0 Å². The molecule has 1 aliphatic heterocycles. The summed E-state index contributed by atoms with van der Waals surface area (Å²) >= 11 is 1.85. The van der Waals surface area contributed by atoms with Gasteiger partial charge in [-0.3, -0.25) is 4.90 Å². The minimum Gasteiger partial charge on any atom is -0.327 e. The molecule has 0 amide bonds.